The van der Waals surface area contributed by atoms with Crippen LogP contribution in [-0.4, -0.2) is 27.7 Å². The summed E-state index contributed by atoms with van der Waals surface area (Å²) >= 11 is 1.20. The summed E-state index contributed by atoms with van der Waals surface area (Å²) in [6.07, 6.45) is 0.782. The van der Waals surface area contributed by atoms with E-state index >= 15 is 0 Å². The van der Waals surface area contributed by atoms with Crippen LogP contribution in [0.15, 0.2) is 40.3 Å². The van der Waals surface area contributed by atoms with Gasteiger partial charge in [-0.3, -0.25) is 9.59 Å². The Bertz CT molecular complexity index is 741. The van der Waals surface area contributed by atoms with Crippen LogP contribution in [0.4, 0.5) is 5.69 Å². The number of thioether (sulfide) groups is 1. The maximum absolute atomic E-state index is 12.0. The van der Waals surface area contributed by atoms with E-state index in [1.54, 1.807) is 12.1 Å². The first-order valence-corrected chi connectivity index (χ1v) is 8.74. The number of H-pyrrole nitrogens is 1. The van der Waals surface area contributed by atoms with E-state index in [0.29, 0.717) is 23.0 Å². The van der Waals surface area contributed by atoms with Crippen molar-refractivity contribution in [3.63, 3.8) is 0 Å². The Balaban J connectivity index is 1.89. The molecule has 0 bridgehead atoms. The summed E-state index contributed by atoms with van der Waals surface area (Å²) in [4.78, 5) is 30.4. The summed E-state index contributed by atoms with van der Waals surface area (Å²) < 4.78 is 5.55. The standard InChI is InChI=1S/C17H21N3O3S/c1-4-12-9-15(21)20-17(19-12)24-10-16(22)18-13-5-7-14(8-6-13)23-11(2)3/h5-9,11H,4,10H2,1-3H3,(H,18,22)(H,19,20,21). The molecule has 7 heteroatoms. The van der Waals surface area contributed by atoms with Crippen molar-refractivity contribution in [2.24, 2.45) is 0 Å². The van der Waals surface area contributed by atoms with E-state index in [9.17, 15) is 9.59 Å². The summed E-state index contributed by atoms with van der Waals surface area (Å²) in [5.74, 6) is 0.762. The zero-order valence-electron chi connectivity index (χ0n) is 14.0. The molecule has 128 valence electrons. The average molecular weight is 347 g/mol. The van der Waals surface area contributed by atoms with Gasteiger partial charge in [0.05, 0.1) is 11.9 Å². The van der Waals surface area contributed by atoms with E-state index in [-0.39, 0.29) is 23.3 Å². The number of nitrogens with one attached hydrogen (secondary N) is 2. The average Bonchev–Trinajstić information content (AvgIpc) is 2.54. The third-order valence-electron chi connectivity index (χ3n) is 2.99. The summed E-state index contributed by atoms with van der Waals surface area (Å²) in [7, 11) is 0. The Kier molecular flexibility index (Phi) is 6.43. The first-order valence-electron chi connectivity index (χ1n) is 7.76. The highest BCUT2D eigenvalue weighted by Crippen LogP contribution is 2.18. The van der Waals surface area contributed by atoms with Crippen LogP contribution in [-0.2, 0) is 11.2 Å². The Hall–Kier alpha value is -2.28. The van der Waals surface area contributed by atoms with Crippen LogP contribution in [0.5, 0.6) is 5.75 Å². The van der Waals surface area contributed by atoms with Gasteiger partial charge in [0.15, 0.2) is 5.16 Å². The molecule has 6 nitrogen and oxygen atoms in total. The number of aromatic amines is 1. The normalized spacial score (nSPS) is 10.7. The van der Waals surface area contributed by atoms with Crippen LogP contribution in [0.2, 0.25) is 0 Å². The molecular weight excluding hydrogens is 326 g/mol. The highest BCUT2D eigenvalue weighted by atomic mass is 32.2. The van der Waals surface area contributed by atoms with Crippen molar-refractivity contribution in [1.29, 1.82) is 0 Å². The molecule has 0 aliphatic carbocycles. The molecule has 0 saturated carbocycles. The van der Waals surface area contributed by atoms with Crippen LogP contribution >= 0.6 is 11.8 Å². The van der Waals surface area contributed by atoms with E-state index < -0.39 is 0 Å². The SMILES string of the molecule is CCc1cc(=O)[nH]c(SCC(=O)Nc2ccc(OC(C)C)cc2)n1. The number of hydrogen-bond donors (Lipinski definition) is 2. The molecule has 1 aromatic carbocycles. The van der Waals surface area contributed by atoms with E-state index in [4.69, 9.17) is 4.74 Å². The minimum atomic E-state index is -0.203. The summed E-state index contributed by atoms with van der Waals surface area (Å²) in [6, 6.07) is 8.67. The fraction of sp³-hybridized carbons (Fsp3) is 0.353. The van der Waals surface area contributed by atoms with Crippen molar-refractivity contribution in [1.82, 2.24) is 9.97 Å². The third kappa shape index (κ3) is 5.73. The fourth-order valence-corrected chi connectivity index (χ4v) is 2.65. The lowest BCUT2D eigenvalue weighted by Gasteiger charge is -2.10. The number of hydrogen-bond acceptors (Lipinski definition) is 5. The number of aryl methyl sites for hydroxylation is 1. The maximum Gasteiger partial charge on any atom is 0.251 e. The van der Waals surface area contributed by atoms with Gasteiger partial charge in [-0.25, -0.2) is 4.98 Å². The number of carbonyl (C=O) groups excluding carboxylic acids is 1. The molecule has 2 rings (SSSR count). The molecule has 2 N–H and O–H groups in total. The number of benzene rings is 1. The molecule has 2 aromatic rings. The zero-order chi connectivity index (χ0) is 17.5. The predicted octanol–water partition coefficient (Wildman–Crippen LogP) is 2.85. The Morgan fingerprint density at radius 3 is 2.67 bits per heavy atom. The molecule has 1 amide bonds. The lowest BCUT2D eigenvalue weighted by atomic mass is 10.3. The van der Waals surface area contributed by atoms with Crippen molar-refractivity contribution in [3.05, 3.63) is 46.4 Å². The Morgan fingerprint density at radius 2 is 2.04 bits per heavy atom. The maximum atomic E-state index is 12.0. The lowest BCUT2D eigenvalue weighted by molar-refractivity contribution is -0.113. The minimum Gasteiger partial charge on any atom is -0.491 e. The van der Waals surface area contributed by atoms with Crippen LogP contribution in [0, 0.1) is 0 Å². The molecule has 0 fully saturated rings. The van der Waals surface area contributed by atoms with E-state index in [2.05, 4.69) is 15.3 Å². The number of rotatable bonds is 7. The van der Waals surface area contributed by atoms with Gasteiger partial charge in [0.1, 0.15) is 5.75 Å². The highest BCUT2D eigenvalue weighted by molar-refractivity contribution is 7.99. The van der Waals surface area contributed by atoms with Gasteiger partial charge < -0.3 is 15.0 Å². The predicted molar refractivity (Wildman–Crippen MR) is 95.8 cm³/mol. The van der Waals surface area contributed by atoms with Crippen LogP contribution in [0.3, 0.4) is 0 Å². The first-order chi connectivity index (χ1) is 11.5. The smallest absolute Gasteiger partial charge is 0.251 e. The second-order valence-electron chi connectivity index (χ2n) is 5.42. The highest BCUT2D eigenvalue weighted by Gasteiger charge is 2.07. The molecule has 0 atom stereocenters. The molecule has 0 spiro atoms. The number of aromatic nitrogens is 2. The van der Waals surface area contributed by atoms with Gasteiger partial charge in [-0.1, -0.05) is 18.7 Å². The minimum absolute atomic E-state index is 0.107. The largest absolute Gasteiger partial charge is 0.491 e. The molecule has 0 saturated heterocycles. The molecule has 0 radical (unpaired) electrons. The first kappa shape index (κ1) is 18.1. The Morgan fingerprint density at radius 1 is 1.33 bits per heavy atom. The monoisotopic (exact) mass is 347 g/mol. The van der Waals surface area contributed by atoms with Gasteiger partial charge in [-0.2, -0.15) is 0 Å². The van der Waals surface area contributed by atoms with Gasteiger partial charge in [-0.15, -0.1) is 0 Å². The summed E-state index contributed by atoms with van der Waals surface area (Å²) in [5.41, 5.74) is 1.20. The molecule has 1 heterocycles. The quantitative estimate of drug-likeness (QED) is 0.594. The molecule has 1 aromatic heterocycles. The number of ether oxygens (including phenoxy) is 1. The molecular formula is C17H21N3O3S. The van der Waals surface area contributed by atoms with Gasteiger partial charge in [-0.05, 0) is 44.5 Å². The van der Waals surface area contributed by atoms with Crippen LogP contribution < -0.4 is 15.6 Å². The number of carbonyl (C=O) groups is 1. The molecule has 0 aliphatic heterocycles. The molecule has 0 unspecified atom stereocenters. The van der Waals surface area contributed by atoms with E-state index in [1.807, 2.05) is 32.9 Å². The van der Waals surface area contributed by atoms with Gasteiger partial charge in [0.2, 0.25) is 5.91 Å². The van der Waals surface area contributed by atoms with Gasteiger partial charge >= 0.3 is 0 Å². The molecule has 24 heavy (non-hydrogen) atoms. The van der Waals surface area contributed by atoms with Crippen LogP contribution in [0.1, 0.15) is 26.5 Å². The van der Waals surface area contributed by atoms with Crippen molar-refractivity contribution in [2.45, 2.75) is 38.5 Å². The topological polar surface area (TPSA) is 84.1 Å². The van der Waals surface area contributed by atoms with E-state index in [1.165, 1.54) is 17.8 Å². The van der Waals surface area contributed by atoms with Gasteiger partial charge in [0, 0.05) is 17.4 Å². The van der Waals surface area contributed by atoms with Crippen molar-refractivity contribution < 1.29 is 9.53 Å². The zero-order valence-corrected chi connectivity index (χ0v) is 14.8. The van der Waals surface area contributed by atoms with Gasteiger partial charge in [0.25, 0.3) is 5.56 Å². The summed E-state index contributed by atoms with van der Waals surface area (Å²) in [5, 5.41) is 3.25. The van der Waals surface area contributed by atoms with E-state index in [0.717, 1.165) is 5.75 Å². The second-order valence-corrected chi connectivity index (χ2v) is 6.39. The number of nitrogens with zero attached hydrogens (tertiary/aromatic N) is 1. The van der Waals surface area contributed by atoms with Crippen molar-refractivity contribution >= 4 is 23.4 Å². The second kappa shape index (κ2) is 8.54. The fourth-order valence-electron chi connectivity index (χ4n) is 1.95. The van der Waals surface area contributed by atoms with Crippen molar-refractivity contribution in [2.75, 3.05) is 11.1 Å². The molecule has 0 aliphatic rings. The number of amides is 1. The Labute approximate surface area is 145 Å². The third-order valence-corrected chi connectivity index (χ3v) is 3.86. The van der Waals surface area contributed by atoms with Crippen molar-refractivity contribution in [3.8, 4) is 5.75 Å². The summed E-state index contributed by atoms with van der Waals surface area (Å²) in [6.45, 7) is 5.84. The number of anilines is 1. The van der Waals surface area contributed by atoms with Crippen LogP contribution in [0.25, 0.3) is 0 Å². The lowest BCUT2D eigenvalue weighted by Crippen LogP contribution is -2.15.